The first-order valence-electron chi connectivity index (χ1n) is 9.00. The summed E-state index contributed by atoms with van der Waals surface area (Å²) >= 11 is 0. The fraction of sp³-hybridized carbons (Fsp3) is 0.722. The van der Waals surface area contributed by atoms with Crippen LogP contribution in [0, 0.1) is 17.8 Å². The van der Waals surface area contributed by atoms with Gasteiger partial charge in [-0.25, -0.2) is 4.79 Å². The molecule has 7 heteroatoms. The van der Waals surface area contributed by atoms with Gasteiger partial charge in [0, 0.05) is 30.5 Å². The third-order valence-corrected chi connectivity index (χ3v) is 6.21. The third-order valence-electron chi connectivity index (χ3n) is 6.21. The number of hydrogen-bond donors (Lipinski definition) is 2. The highest BCUT2D eigenvalue weighted by Crippen LogP contribution is 2.55. The molecule has 0 aliphatic heterocycles. The molecule has 1 atom stereocenters. The van der Waals surface area contributed by atoms with E-state index >= 15 is 0 Å². The Kier molecular flexibility index (Phi) is 3.81. The number of urea groups is 1. The number of halogens is 3. The van der Waals surface area contributed by atoms with Crippen LogP contribution < -0.4 is 10.6 Å². The highest BCUT2D eigenvalue weighted by molar-refractivity contribution is 5.75. The number of nitrogens with zero attached hydrogens (tertiary/aromatic N) is 1. The number of aryl methyl sites for hydroxylation is 1. The summed E-state index contributed by atoms with van der Waals surface area (Å²) in [6.07, 6.45) is 4.81. The van der Waals surface area contributed by atoms with E-state index in [0.29, 0.717) is 17.8 Å². The summed E-state index contributed by atoms with van der Waals surface area (Å²) in [6.45, 7) is 0. The second-order valence-electron chi connectivity index (χ2n) is 8.38. The lowest BCUT2D eigenvalue weighted by Gasteiger charge is -2.56. The number of rotatable bonds is 3. The van der Waals surface area contributed by atoms with Crippen LogP contribution in [0.2, 0.25) is 0 Å². The van der Waals surface area contributed by atoms with Crippen molar-refractivity contribution in [3.05, 3.63) is 24.0 Å². The molecule has 1 aromatic rings. The van der Waals surface area contributed by atoms with Gasteiger partial charge < -0.3 is 15.2 Å². The molecular formula is C18H24F3N3O. The maximum absolute atomic E-state index is 13.4. The fourth-order valence-electron chi connectivity index (χ4n) is 5.72. The van der Waals surface area contributed by atoms with Crippen LogP contribution >= 0.6 is 0 Å². The number of nitrogens with one attached hydrogen (secondary N) is 2. The molecule has 0 saturated heterocycles. The Hall–Kier alpha value is -1.66. The molecule has 2 amide bonds. The van der Waals surface area contributed by atoms with Crippen molar-refractivity contribution in [3.63, 3.8) is 0 Å². The predicted octanol–water partition coefficient (Wildman–Crippen LogP) is 3.90. The van der Waals surface area contributed by atoms with E-state index < -0.39 is 18.2 Å². The van der Waals surface area contributed by atoms with Gasteiger partial charge in [-0.15, -0.1) is 0 Å². The van der Waals surface area contributed by atoms with Crippen LogP contribution in [-0.2, 0) is 7.05 Å². The Morgan fingerprint density at radius 1 is 1.20 bits per heavy atom. The van der Waals surface area contributed by atoms with Gasteiger partial charge in [0.1, 0.15) is 0 Å². The van der Waals surface area contributed by atoms with Gasteiger partial charge in [0.2, 0.25) is 0 Å². The Labute approximate surface area is 145 Å². The van der Waals surface area contributed by atoms with Gasteiger partial charge in [-0.2, -0.15) is 13.2 Å². The van der Waals surface area contributed by atoms with Gasteiger partial charge in [0.25, 0.3) is 0 Å². The van der Waals surface area contributed by atoms with E-state index in [4.69, 9.17) is 0 Å². The number of amides is 2. The van der Waals surface area contributed by atoms with Crippen molar-refractivity contribution in [3.8, 4) is 0 Å². The normalized spacial score (nSPS) is 34.8. The zero-order chi connectivity index (χ0) is 17.8. The number of carbonyl (C=O) groups is 1. The predicted molar refractivity (Wildman–Crippen MR) is 86.8 cm³/mol. The van der Waals surface area contributed by atoms with Crippen molar-refractivity contribution in [1.82, 2.24) is 15.2 Å². The first-order valence-corrected chi connectivity index (χ1v) is 9.00. The molecule has 4 fully saturated rings. The van der Waals surface area contributed by atoms with E-state index in [1.807, 2.05) is 0 Å². The number of hydrogen-bond acceptors (Lipinski definition) is 1. The van der Waals surface area contributed by atoms with Crippen LogP contribution in [0.5, 0.6) is 0 Å². The highest BCUT2D eigenvalue weighted by atomic mass is 19.4. The molecule has 4 aliphatic rings. The summed E-state index contributed by atoms with van der Waals surface area (Å²) in [5, 5.41) is 5.12. The molecule has 1 aromatic heterocycles. The van der Waals surface area contributed by atoms with E-state index in [1.54, 1.807) is 17.8 Å². The minimum atomic E-state index is -4.53. The van der Waals surface area contributed by atoms with Crippen molar-refractivity contribution in [2.24, 2.45) is 24.8 Å². The van der Waals surface area contributed by atoms with Gasteiger partial charge in [-0.3, -0.25) is 0 Å². The van der Waals surface area contributed by atoms with Gasteiger partial charge >= 0.3 is 12.2 Å². The van der Waals surface area contributed by atoms with Crippen LogP contribution in [0.4, 0.5) is 18.0 Å². The van der Waals surface area contributed by atoms with Crippen molar-refractivity contribution in [2.75, 3.05) is 0 Å². The molecule has 0 aromatic carbocycles. The smallest absolute Gasteiger partial charge is 0.357 e. The minimum absolute atomic E-state index is 0.0515. The summed E-state index contributed by atoms with van der Waals surface area (Å²) in [5.74, 6) is 1.87. The van der Waals surface area contributed by atoms with E-state index in [9.17, 15) is 18.0 Å². The SMILES string of the molecule is Cn1ccc([C@@H](NC(=O)NC23CC4CC(CC(C4)C2)C3)C(F)(F)F)c1. The molecular weight excluding hydrogens is 331 g/mol. The average Bonchev–Trinajstić information content (AvgIpc) is 2.87. The van der Waals surface area contributed by atoms with Gasteiger partial charge in [-0.1, -0.05) is 0 Å². The summed E-state index contributed by atoms with van der Waals surface area (Å²) in [6, 6.07) is -1.29. The minimum Gasteiger partial charge on any atom is -0.357 e. The Bertz CT molecular complexity index is 631. The zero-order valence-electron chi connectivity index (χ0n) is 14.3. The van der Waals surface area contributed by atoms with Crippen LogP contribution in [0.25, 0.3) is 0 Å². The van der Waals surface area contributed by atoms with Crippen LogP contribution in [0.3, 0.4) is 0 Å². The molecule has 2 N–H and O–H groups in total. The van der Waals surface area contributed by atoms with Crippen molar-refractivity contribution in [1.29, 1.82) is 0 Å². The maximum atomic E-state index is 13.4. The molecule has 0 unspecified atom stereocenters. The number of alkyl halides is 3. The van der Waals surface area contributed by atoms with Crippen molar-refractivity contribution in [2.45, 2.75) is 56.3 Å². The Morgan fingerprint density at radius 3 is 2.20 bits per heavy atom. The van der Waals surface area contributed by atoms with Crippen LogP contribution in [0.15, 0.2) is 18.5 Å². The lowest BCUT2D eigenvalue weighted by Crippen LogP contribution is -2.62. The fourth-order valence-corrected chi connectivity index (χ4v) is 5.72. The lowest BCUT2D eigenvalue weighted by molar-refractivity contribution is -0.155. The largest absolute Gasteiger partial charge is 0.412 e. The molecule has 4 aliphatic carbocycles. The van der Waals surface area contributed by atoms with E-state index in [0.717, 1.165) is 19.3 Å². The van der Waals surface area contributed by atoms with Crippen molar-refractivity contribution < 1.29 is 18.0 Å². The second kappa shape index (κ2) is 5.68. The molecule has 0 spiro atoms. The average molecular weight is 355 g/mol. The van der Waals surface area contributed by atoms with E-state index in [1.165, 1.54) is 31.5 Å². The molecule has 1 heterocycles. The molecule has 4 bridgehead atoms. The molecule has 4 saturated carbocycles. The number of aromatic nitrogens is 1. The number of carbonyl (C=O) groups excluding carboxylic acids is 1. The van der Waals surface area contributed by atoms with Gasteiger partial charge in [-0.05, 0) is 62.3 Å². The summed E-state index contributed by atoms with van der Waals surface area (Å²) < 4.78 is 41.8. The zero-order valence-corrected chi connectivity index (χ0v) is 14.3. The van der Waals surface area contributed by atoms with E-state index in [2.05, 4.69) is 10.6 Å². The molecule has 138 valence electrons. The van der Waals surface area contributed by atoms with E-state index in [-0.39, 0.29) is 11.1 Å². The first-order chi connectivity index (χ1) is 11.7. The summed E-state index contributed by atoms with van der Waals surface area (Å²) in [7, 11) is 1.66. The van der Waals surface area contributed by atoms with Crippen LogP contribution in [-0.4, -0.2) is 22.3 Å². The third kappa shape index (κ3) is 3.25. The molecule has 5 rings (SSSR count). The maximum Gasteiger partial charge on any atom is 0.412 e. The lowest BCUT2D eigenvalue weighted by atomic mass is 9.53. The van der Waals surface area contributed by atoms with Gasteiger partial charge in [0.15, 0.2) is 6.04 Å². The van der Waals surface area contributed by atoms with Gasteiger partial charge in [0.05, 0.1) is 0 Å². The quantitative estimate of drug-likeness (QED) is 0.849. The highest BCUT2D eigenvalue weighted by Gasteiger charge is 2.52. The Balaban J connectivity index is 1.47. The molecule has 4 nitrogen and oxygen atoms in total. The monoisotopic (exact) mass is 355 g/mol. The first kappa shape index (κ1) is 16.8. The summed E-state index contributed by atoms with van der Waals surface area (Å²) in [5.41, 5.74) is -0.248. The standard InChI is InChI=1S/C18H24F3N3O/c1-24-3-2-14(10-24)15(18(19,20)21)22-16(25)23-17-7-11-4-12(8-17)6-13(5-11)9-17/h2-3,10-13,15H,4-9H2,1H3,(H2,22,23,25)/t11?,12?,13?,15-,17?/m1/s1. The molecule has 0 radical (unpaired) electrons. The molecule has 25 heavy (non-hydrogen) atoms. The van der Waals surface area contributed by atoms with Crippen molar-refractivity contribution >= 4 is 6.03 Å². The topological polar surface area (TPSA) is 46.1 Å². The second-order valence-corrected chi connectivity index (χ2v) is 8.38. The summed E-state index contributed by atoms with van der Waals surface area (Å²) in [4.78, 5) is 12.4. The van der Waals surface area contributed by atoms with Crippen LogP contribution in [0.1, 0.15) is 50.1 Å². The Morgan fingerprint density at radius 2 is 1.76 bits per heavy atom.